The fraction of sp³-hybridized carbons (Fsp3) is 0.333. The van der Waals surface area contributed by atoms with Gasteiger partial charge in [-0.1, -0.05) is 48.2 Å². The number of rotatable bonds is 4. The van der Waals surface area contributed by atoms with Gasteiger partial charge in [0.05, 0.1) is 0 Å². The maximum absolute atomic E-state index is 13.3. The molecule has 0 atom stereocenters. The van der Waals surface area contributed by atoms with E-state index in [1.807, 2.05) is 0 Å². The largest absolute Gasteiger partial charge is 0.430 e. The Labute approximate surface area is 180 Å². The van der Waals surface area contributed by atoms with Gasteiger partial charge >= 0.3 is 24.7 Å². The number of hydrogen-bond acceptors (Lipinski definition) is 3. The van der Waals surface area contributed by atoms with Crippen LogP contribution in [0.3, 0.4) is 0 Å². The van der Waals surface area contributed by atoms with Gasteiger partial charge in [0.1, 0.15) is 0 Å². The second-order valence-electron chi connectivity index (χ2n) is 6.51. The molecule has 0 saturated heterocycles. The molecule has 2 rings (SSSR count). The Hall–Kier alpha value is -2.13. The minimum Gasteiger partial charge on any atom is -0.369 e. The fourth-order valence-corrected chi connectivity index (χ4v) is 3.94. The summed E-state index contributed by atoms with van der Waals surface area (Å²) in [7, 11) is 0. The van der Waals surface area contributed by atoms with Gasteiger partial charge in [-0.2, -0.15) is 52.7 Å². The molecule has 15 heteroatoms. The van der Waals surface area contributed by atoms with Crippen LogP contribution in [0, 0.1) is 0 Å². The Kier molecular flexibility index (Phi) is 6.79. The topological polar surface area (TPSA) is 40.5 Å². The molecule has 0 bridgehead atoms. The van der Waals surface area contributed by atoms with Crippen molar-refractivity contribution in [3.8, 4) is 0 Å². The zero-order valence-corrected chi connectivity index (χ0v) is 16.3. The Balaban J connectivity index is 2.78. The summed E-state index contributed by atoms with van der Waals surface area (Å²) in [6, 6.07) is 4.39. The lowest BCUT2D eigenvalue weighted by atomic mass is 9.92. The van der Waals surface area contributed by atoms with E-state index in [1.165, 1.54) is 0 Å². The summed E-state index contributed by atoms with van der Waals surface area (Å²) < 4.78 is 159. The van der Waals surface area contributed by atoms with Crippen molar-refractivity contribution in [1.82, 2.24) is 0 Å². The average molecular weight is 518 g/mol. The standard InChI is InChI=1S/C18H10F12O2S/c19-15(20,21)13(31,16(22,23)24)9-5-1-3-7-11(9)33-12-8-4-2-6-10(12)14(32,17(25,26)27)18(28,29)30/h1-8,31-32H. The maximum Gasteiger partial charge on any atom is 0.430 e. The lowest BCUT2D eigenvalue weighted by Crippen LogP contribution is -2.54. The van der Waals surface area contributed by atoms with Crippen LogP contribution in [-0.4, -0.2) is 34.9 Å². The fourth-order valence-electron chi connectivity index (χ4n) is 2.76. The van der Waals surface area contributed by atoms with Crippen LogP contribution in [0.15, 0.2) is 58.3 Å². The van der Waals surface area contributed by atoms with E-state index in [9.17, 15) is 62.9 Å². The highest BCUT2D eigenvalue weighted by molar-refractivity contribution is 7.99. The first-order valence-electron chi connectivity index (χ1n) is 8.28. The monoisotopic (exact) mass is 518 g/mol. The van der Waals surface area contributed by atoms with Crippen LogP contribution in [0.2, 0.25) is 0 Å². The predicted molar refractivity (Wildman–Crippen MR) is 89.0 cm³/mol. The second-order valence-corrected chi connectivity index (χ2v) is 7.59. The van der Waals surface area contributed by atoms with Gasteiger partial charge in [0, 0.05) is 20.9 Å². The van der Waals surface area contributed by atoms with Crippen LogP contribution in [0.4, 0.5) is 52.7 Å². The Morgan fingerprint density at radius 3 is 0.939 bits per heavy atom. The minimum atomic E-state index is -6.36. The van der Waals surface area contributed by atoms with Gasteiger partial charge in [0.2, 0.25) is 0 Å². The molecule has 0 aliphatic rings. The molecule has 33 heavy (non-hydrogen) atoms. The molecule has 2 aromatic carbocycles. The summed E-state index contributed by atoms with van der Waals surface area (Å²) in [6.45, 7) is 0. The third-order valence-electron chi connectivity index (χ3n) is 4.41. The quantitative estimate of drug-likeness (QED) is 0.457. The second kappa shape index (κ2) is 8.27. The van der Waals surface area contributed by atoms with E-state index in [0.29, 0.717) is 24.3 Å². The number of benzene rings is 2. The van der Waals surface area contributed by atoms with E-state index in [-0.39, 0.29) is 23.9 Å². The zero-order chi connectivity index (χ0) is 25.7. The molecule has 0 aliphatic heterocycles. The van der Waals surface area contributed by atoms with Crippen LogP contribution in [0.5, 0.6) is 0 Å². The number of halogens is 12. The molecule has 184 valence electrons. The SMILES string of the molecule is OC(c1ccccc1Sc1ccccc1C(O)(C(F)(F)F)C(F)(F)F)(C(F)(F)F)C(F)(F)F. The van der Waals surface area contributed by atoms with Gasteiger partial charge in [-0.05, 0) is 12.1 Å². The molecule has 2 N–H and O–H groups in total. The van der Waals surface area contributed by atoms with Gasteiger partial charge in [0.25, 0.3) is 11.2 Å². The van der Waals surface area contributed by atoms with Crippen LogP contribution < -0.4 is 0 Å². The van der Waals surface area contributed by atoms with Crippen molar-refractivity contribution < 1.29 is 62.9 Å². The van der Waals surface area contributed by atoms with E-state index in [0.717, 1.165) is 12.1 Å². The van der Waals surface area contributed by atoms with Crippen LogP contribution in [0.1, 0.15) is 11.1 Å². The summed E-state index contributed by atoms with van der Waals surface area (Å²) in [5, 5.41) is 19.3. The molecule has 0 radical (unpaired) electrons. The molecule has 0 saturated carbocycles. The molecule has 2 aromatic rings. The number of aliphatic hydroxyl groups is 2. The van der Waals surface area contributed by atoms with Crippen molar-refractivity contribution in [1.29, 1.82) is 0 Å². The Morgan fingerprint density at radius 2 is 0.697 bits per heavy atom. The highest BCUT2D eigenvalue weighted by Crippen LogP contribution is 2.55. The number of hydrogen-bond donors (Lipinski definition) is 2. The first kappa shape index (κ1) is 27.1. The average Bonchev–Trinajstić information content (AvgIpc) is 2.64. The van der Waals surface area contributed by atoms with E-state index >= 15 is 0 Å². The van der Waals surface area contributed by atoms with Gasteiger partial charge in [0.15, 0.2) is 0 Å². The summed E-state index contributed by atoms with van der Waals surface area (Å²) in [5.74, 6) is 0. The molecule has 0 amide bonds. The summed E-state index contributed by atoms with van der Waals surface area (Å²) >= 11 is -0.361. The van der Waals surface area contributed by atoms with Crippen molar-refractivity contribution in [2.75, 3.05) is 0 Å². The first-order valence-corrected chi connectivity index (χ1v) is 9.09. The maximum atomic E-state index is 13.3. The predicted octanol–water partition coefficient (Wildman–Crippen LogP) is 6.46. The van der Waals surface area contributed by atoms with E-state index < -0.39 is 56.8 Å². The van der Waals surface area contributed by atoms with E-state index in [2.05, 4.69) is 0 Å². The normalized spacial score (nSPS) is 14.5. The highest BCUT2D eigenvalue weighted by atomic mass is 32.2. The minimum absolute atomic E-state index is 0.172. The van der Waals surface area contributed by atoms with Crippen LogP contribution in [0.25, 0.3) is 0 Å². The molecular formula is C18H10F12O2S. The zero-order valence-electron chi connectivity index (χ0n) is 15.5. The summed E-state index contributed by atoms with van der Waals surface area (Å²) in [5.41, 5.74) is -14.8. The summed E-state index contributed by atoms with van der Waals surface area (Å²) in [6.07, 6.45) is -25.4. The van der Waals surface area contributed by atoms with Gasteiger partial charge in [-0.15, -0.1) is 0 Å². The van der Waals surface area contributed by atoms with Gasteiger partial charge < -0.3 is 10.2 Å². The summed E-state index contributed by atoms with van der Waals surface area (Å²) in [4.78, 5) is -2.32. The van der Waals surface area contributed by atoms with Crippen LogP contribution >= 0.6 is 11.8 Å². The smallest absolute Gasteiger partial charge is 0.369 e. The van der Waals surface area contributed by atoms with Gasteiger partial charge in [-0.3, -0.25) is 0 Å². The molecule has 0 spiro atoms. The molecule has 0 aromatic heterocycles. The van der Waals surface area contributed by atoms with Crippen molar-refractivity contribution in [2.45, 2.75) is 45.7 Å². The lowest BCUT2D eigenvalue weighted by molar-refractivity contribution is -0.377. The molecule has 0 aliphatic carbocycles. The molecular weight excluding hydrogens is 508 g/mol. The van der Waals surface area contributed by atoms with E-state index in [1.54, 1.807) is 0 Å². The van der Waals surface area contributed by atoms with Crippen LogP contribution in [-0.2, 0) is 11.2 Å². The Bertz CT molecular complexity index is 884. The number of alkyl halides is 12. The van der Waals surface area contributed by atoms with Crippen molar-refractivity contribution in [3.05, 3.63) is 59.7 Å². The van der Waals surface area contributed by atoms with E-state index in [4.69, 9.17) is 0 Å². The molecule has 0 fully saturated rings. The third kappa shape index (κ3) is 4.49. The first-order chi connectivity index (χ1) is 14.7. The Morgan fingerprint density at radius 1 is 0.455 bits per heavy atom. The van der Waals surface area contributed by atoms with Gasteiger partial charge in [-0.25, -0.2) is 0 Å². The van der Waals surface area contributed by atoms with Crippen molar-refractivity contribution in [3.63, 3.8) is 0 Å². The lowest BCUT2D eigenvalue weighted by Gasteiger charge is -2.35. The van der Waals surface area contributed by atoms with Crippen molar-refractivity contribution >= 4 is 11.8 Å². The molecule has 0 unspecified atom stereocenters. The van der Waals surface area contributed by atoms with Crippen molar-refractivity contribution in [2.24, 2.45) is 0 Å². The molecule has 0 heterocycles. The third-order valence-corrected chi connectivity index (χ3v) is 5.57. The molecule has 2 nitrogen and oxygen atoms in total. The highest BCUT2D eigenvalue weighted by Gasteiger charge is 2.73.